The third-order valence-electron chi connectivity index (χ3n) is 3.29. The molecule has 118 valence electrons. The number of methoxy groups -OCH3 is 1. The van der Waals surface area contributed by atoms with Crippen LogP contribution in [0.25, 0.3) is 0 Å². The van der Waals surface area contributed by atoms with E-state index < -0.39 is 0 Å². The Morgan fingerprint density at radius 3 is 2.77 bits per heavy atom. The third-order valence-corrected chi connectivity index (χ3v) is 3.29. The number of carbonyl (C=O) groups is 1. The van der Waals surface area contributed by atoms with Crippen LogP contribution in [0.15, 0.2) is 30.3 Å². The number of aryl methyl sites for hydroxylation is 3. The van der Waals surface area contributed by atoms with Gasteiger partial charge in [0.2, 0.25) is 0 Å². The van der Waals surface area contributed by atoms with Crippen molar-refractivity contribution in [3.05, 3.63) is 41.7 Å². The number of hydrogen-bond acceptors (Lipinski definition) is 3. The van der Waals surface area contributed by atoms with E-state index in [2.05, 4.69) is 15.7 Å². The van der Waals surface area contributed by atoms with Crippen LogP contribution in [0, 0.1) is 13.8 Å². The molecule has 0 fully saturated rings. The predicted molar refractivity (Wildman–Crippen MR) is 86.3 cm³/mol. The van der Waals surface area contributed by atoms with E-state index in [4.69, 9.17) is 4.74 Å². The number of amides is 2. The lowest BCUT2D eigenvalue weighted by Gasteiger charge is -2.11. The first kappa shape index (κ1) is 15.9. The van der Waals surface area contributed by atoms with Crippen molar-refractivity contribution in [2.24, 2.45) is 0 Å². The molecule has 0 aliphatic carbocycles. The molecule has 2 rings (SSSR count). The number of urea groups is 1. The number of nitrogens with one attached hydrogen (secondary N) is 2. The molecule has 1 aromatic heterocycles. The van der Waals surface area contributed by atoms with Gasteiger partial charge in [-0.05, 0) is 38.5 Å². The van der Waals surface area contributed by atoms with Gasteiger partial charge in [0.05, 0.1) is 18.5 Å². The molecule has 2 aromatic rings. The van der Waals surface area contributed by atoms with E-state index in [1.165, 1.54) is 0 Å². The van der Waals surface area contributed by atoms with Crippen LogP contribution in [0.4, 0.5) is 10.5 Å². The van der Waals surface area contributed by atoms with Gasteiger partial charge >= 0.3 is 6.03 Å². The number of carbonyl (C=O) groups excluding carboxylic acids is 1. The van der Waals surface area contributed by atoms with Crippen LogP contribution in [0.1, 0.15) is 17.8 Å². The van der Waals surface area contributed by atoms with Crippen LogP contribution < -0.4 is 15.4 Å². The van der Waals surface area contributed by atoms with E-state index in [-0.39, 0.29) is 6.03 Å². The molecule has 0 saturated heterocycles. The van der Waals surface area contributed by atoms with Crippen LogP contribution in [0.5, 0.6) is 5.75 Å². The van der Waals surface area contributed by atoms with Crippen LogP contribution in [-0.2, 0) is 6.54 Å². The van der Waals surface area contributed by atoms with Gasteiger partial charge in [-0.2, -0.15) is 5.10 Å². The molecule has 1 heterocycles. The molecule has 0 spiro atoms. The number of aromatic nitrogens is 2. The topological polar surface area (TPSA) is 68.2 Å². The SMILES string of the molecule is COc1ccccc1NC(=O)NCCCn1nc(C)cc1C. The van der Waals surface area contributed by atoms with Crippen molar-refractivity contribution >= 4 is 11.7 Å². The monoisotopic (exact) mass is 302 g/mol. The van der Waals surface area contributed by atoms with Gasteiger partial charge in [0.1, 0.15) is 5.75 Å². The molecule has 2 amide bonds. The van der Waals surface area contributed by atoms with Crippen LogP contribution in [0.2, 0.25) is 0 Å². The van der Waals surface area contributed by atoms with Gasteiger partial charge in [-0.15, -0.1) is 0 Å². The normalized spacial score (nSPS) is 10.3. The summed E-state index contributed by atoms with van der Waals surface area (Å²) in [4.78, 5) is 11.9. The summed E-state index contributed by atoms with van der Waals surface area (Å²) < 4.78 is 7.14. The lowest BCUT2D eigenvalue weighted by atomic mass is 10.3. The lowest BCUT2D eigenvalue weighted by Crippen LogP contribution is -2.30. The first-order valence-corrected chi connectivity index (χ1v) is 7.29. The Morgan fingerprint density at radius 1 is 1.32 bits per heavy atom. The number of hydrogen-bond donors (Lipinski definition) is 2. The highest BCUT2D eigenvalue weighted by molar-refractivity contribution is 5.90. The average molecular weight is 302 g/mol. The maximum atomic E-state index is 11.9. The largest absolute Gasteiger partial charge is 0.495 e. The molecular formula is C16H22N4O2. The smallest absolute Gasteiger partial charge is 0.319 e. The summed E-state index contributed by atoms with van der Waals surface area (Å²) in [5, 5.41) is 10.00. The van der Waals surface area contributed by atoms with E-state index in [1.54, 1.807) is 19.2 Å². The molecule has 0 aliphatic heterocycles. The van der Waals surface area contributed by atoms with Gasteiger partial charge in [-0.1, -0.05) is 12.1 Å². The molecule has 0 radical (unpaired) electrons. The number of nitrogens with zero attached hydrogens (tertiary/aromatic N) is 2. The Labute approximate surface area is 130 Å². The number of rotatable bonds is 6. The van der Waals surface area contributed by atoms with Crippen molar-refractivity contribution in [1.29, 1.82) is 0 Å². The average Bonchev–Trinajstić information content (AvgIpc) is 2.82. The number of benzene rings is 1. The molecule has 1 aromatic carbocycles. The number of para-hydroxylation sites is 2. The molecule has 6 heteroatoms. The van der Waals surface area contributed by atoms with Gasteiger partial charge in [-0.3, -0.25) is 4.68 Å². The van der Waals surface area contributed by atoms with Crippen molar-refractivity contribution in [3.63, 3.8) is 0 Å². The Balaban J connectivity index is 1.75. The molecule has 6 nitrogen and oxygen atoms in total. The zero-order valence-corrected chi connectivity index (χ0v) is 13.2. The highest BCUT2D eigenvalue weighted by Gasteiger charge is 2.06. The summed E-state index contributed by atoms with van der Waals surface area (Å²) in [6, 6.07) is 9.11. The summed E-state index contributed by atoms with van der Waals surface area (Å²) in [5.41, 5.74) is 2.80. The maximum Gasteiger partial charge on any atom is 0.319 e. The first-order chi connectivity index (χ1) is 10.6. The second-order valence-corrected chi connectivity index (χ2v) is 5.08. The van der Waals surface area contributed by atoms with Crippen molar-refractivity contribution in [1.82, 2.24) is 15.1 Å². The van der Waals surface area contributed by atoms with Crippen molar-refractivity contribution < 1.29 is 9.53 Å². The van der Waals surface area contributed by atoms with E-state index >= 15 is 0 Å². The molecule has 0 atom stereocenters. The minimum atomic E-state index is -0.238. The molecule has 0 bridgehead atoms. The highest BCUT2D eigenvalue weighted by atomic mass is 16.5. The second-order valence-electron chi connectivity index (χ2n) is 5.08. The van der Waals surface area contributed by atoms with Gasteiger partial charge in [-0.25, -0.2) is 4.79 Å². The molecule has 0 saturated carbocycles. The van der Waals surface area contributed by atoms with E-state index in [0.717, 1.165) is 24.4 Å². The lowest BCUT2D eigenvalue weighted by molar-refractivity contribution is 0.251. The Hall–Kier alpha value is -2.50. The summed E-state index contributed by atoms with van der Waals surface area (Å²) in [5.74, 6) is 0.639. The van der Waals surface area contributed by atoms with E-state index in [9.17, 15) is 4.79 Å². The van der Waals surface area contributed by atoms with Crippen LogP contribution in [0.3, 0.4) is 0 Å². The van der Waals surface area contributed by atoms with Gasteiger partial charge in [0.25, 0.3) is 0 Å². The fraction of sp³-hybridized carbons (Fsp3) is 0.375. The Bertz CT molecular complexity index is 637. The van der Waals surface area contributed by atoms with Crippen molar-refractivity contribution in [2.45, 2.75) is 26.8 Å². The molecular weight excluding hydrogens is 280 g/mol. The zero-order valence-electron chi connectivity index (χ0n) is 13.2. The number of anilines is 1. The van der Waals surface area contributed by atoms with Crippen molar-refractivity contribution in [2.75, 3.05) is 19.0 Å². The summed E-state index contributed by atoms with van der Waals surface area (Å²) in [7, 11) is 1.58. The van der Waals surface area contributed by atoms with Crippen LogP contribution in [-0.4, -0.2) is 29.5 Å². The molecule has 22 heavy (non-hydrogen) atoms. The maximum absolute atomic E-state index is 11.9. The minimum Gasteiger partial charge on any atom is -0.495 e. The predicted octanol–water partition coefficient (Wildman–Crippen LogP) is 2.72. The zero-order chi connectivity index (χ0) is 15.9. The van der Waals surface area contributed by atoms with E-state index in [1.807, 2.05) is 36.7 Å². The first-order valence-electron chi connectivity index (χ1n) is 7.29. The quantitative estimate of drug-likeness (QED) is 0.806. The summed E-state index contributed by atoms with van der Waals surface area (Å²) >= 11 is 0. The van der Waals surface area contributed by atoms with E-state index in [0.29, 0.717) is 18.0 Å². The molecule has 2 N–H and O–H groups in total. The standard InChI is InChI=1S/C16H22N4O2/c1-12-11-13(2)20(19-12)10-6-9-17-16(21)18-14-7-4-5-8-15(14)22-3/h4-5,7-8,11H,6,9-10H2,1-3H3,(H2,17,18,21). The van der Waals surface area contributed by atoms with Gasteiger partial charge in [0.15, 0.2) is 0 Å². The summed E-state index contributed by atoms with van der Waals surface area (Å²) in [6.07, 6.45) is 0.821. The minimum absolute atomic E-state index is 0.238. The molecule has 0 unspecified atom stereocenters. The van der Waals surface area contributed by atoms with Crippen LogP contribution >= 0.6 is 0 Å². The highest BCUT2D eigenvalue weighted by Crippen LogP contribution is 2.22. The summed E-state index contributed by atoms with van der Waals surface area (Å²) in [6.45, 7) is 5.37. The Morgan fingerprint density at radius 2 is 2.09 bits per heavy atom. The van der Waals surface area contributed by atoms with Gasteiger partial charge < -0.3 is 15.4 Å². The fourth-order valence-corrected chi connectivity index (χ4v) is 2.25. The van der Waals surface area contributed by atoms with Gasteiger partial charge in [0, 0.05) is 18.8 Å². The second kappa shape index (κ2) is 7.49. The third kappa shape index (κ3) is 4.25. The van der Waals surface area contributed by atoms with Crippen molar-refractivity contribution in [3.8, 4) is 5.75 Å². The number of ether oxygens (including phenoxy) is 1. The fourth-order valence-electron chi connectivity index (χ4n) is 2.25. The molecule has 0 aliphatic rings. The Kier molecular flexibility index (Phi) is 5.41.